The van der Waals surface area contributed by atoms with Gasteiger partial charge in [0.05, 0.1) is 0 Å². The van der Waals surface area contributed by atoms with Gasteiger partial charge in [-0.3, -0.25) is 14.5 Å². The summed E-state index contributed by atoms with van der Waals surface area (Å²) in [6.07, 6.45) is 0.275. The van der Waals surface area contributed by atoms with Crippen LogP contribution in [-0.2, 0) is 4.79 Å². The quantitative estimate of drug-likeness (QED) is 0.619. The van der Waals surface area contributed by atoms with Crippen LogP contribution in [0.3, 0.4) is 0 Å². The molecule has 3 rings (SSSR count). The molecule has 2 aromatic carbocycles. The topological polar surface area (TPSA) is 64.7 Å². The molecule has 2 amide bonds. The van der Waals surface area contributed by atoms with E-state index >= 15 is 0 Å². The standard InChI is InChI=1S/C23H29BrN4O2/c1-18(27-13-15-28(16-14-27)21-5-3-2-4-6-21)17-26-22(29)11-12-25-23(30)19-7-9-20(24)10-8-19/h2-10,18H,11-17H2,1H3,(H,25,30)(H,26,29). The average molecular weight is 473 g/mol. The van der Waals surface area contributed by atoms with Gasteiger partial charge in [0, 0.05) is 67.5 Å². The Morgan fingerprint density at radius 1 is 0.967 bits per heavy atom. The van der Waals surface area contributed by atoms with Crippen molar-refractivity contribution in [3.05, 3.63) is 64.6 Å². The Bertz CT molecular complexity index is 821. The summed E-state index contributed by atoms with van der Waals surface area (Å²) >= 11 is 3.35. The van der Waals surface area contributed by atoms with E-state index in [1.54, 1.807) is 12.1 Å². The van der Waals surface area contributed by atoms with Crippen LogP contribution in [0.5, 0.6) is 0 Å². The highest BCUT2D eigenvalue weighted by atomic mass is 79.9. The van der Waals surface area contributed by atoms with Gasteiger partial charge in [-0.15, -0.1) is 0 Å². The molecule has 0 saturated carbocycles. The maximum Gasteiger partial charge on any atom is 0.251 e. The molecule has 2 aromatic rings. The van der Waals surface area contributed by atoms with Crippen molar-refractivity contribution in [3.63, 3.8) is 0 Å². The summed E-state index contributed by atoms with van der Waals surface area (Å²) in [6, 6.07) is 17.9. The highest BCUT2D eigenvalue weighted by Gasteiger charge is 2.21. The zero-order valence-electron chi connectivity index (χ0n) is 17.3. The molecule has 160 valence electrons. The lowest BCUT2D eigenvalue weighted by molar-refractivity contribution is -0.121. The molecule has 1 heterocycles. The van der Waals surface area contributed by atoms with Gasteiger partial charge < -0.3 is 15.5 Å². The van der Waals surface area contributed by atoms with Gasteiger partial charge >= 0.3 is 0 Å². The Morgan fingerprint density at radius 3 is 2.30 bits per heavy atom. The van der Waals surface area contributed by atoms with Gasteiger partial charge in [0.15, 0.2) is 0 Å². The number of carbonyl (C=O) groups excluding carboxylic acids is 2. The van der Waals surface area contributed by atoms with E-state index in [0.29, 0.717) is 18.7 Å². The van der Waals surface area contributed by atoms with Crippen LogP contribution in [0, 0.1) is 0 Å². The van der Waals surface area contributed by atoms with Crippen molar-refractivity contribution in [1.29, 1.82) is 0 Å². The highest BCUT2D eigenvalue weighted by molar-refractivity contribution is 9.10. The maximum atomic E-state index is 12.1. The fourth-order valence-electron chi connectivity index (χ4n) is 3.53. The number of para-hydroxylation sites is 1. The summed E-state index contributed by atoms with van der Waals surface area (Å²) in [5, 5.41) is 5.78. The van der Waals surface area contributed by atoms with E-state index in [0.717, 1.165) is 30.7 Å². The molecular formula is C23H29BrN4O2. The average Bonchev–Trinajstić information content (AvgIpc) is 2.78. The number of piperazine rings is 1. The monoisotopic (exact) mass is 472 g/mol. The summed E-state index contributed by atoms with van der Waals surface area (Å²) in [6.45, 7) is 7.03. The van der Waals surface area contributed by atoms with Crippen molar-refractivity contribution in [2.45, 2.75) is 19.4 Å². The first kappa shape index (κ1) is 22.3. The lowest BCUT2D eigenvalue weighted by atomic mass is 10.2. The largest absolute Gasteiger partial charge is 0.369 e. The number of nitrogens with one attached hydrogen (secondary N) is 2. The van der Waals surface area contributed by atoms with Crippen molar-refractivity contribution in [2.75, 3.05) is 44.2 Å². The van der Waals surface area contributed by atoms with E-state index < -0.39 is 0 Å². The van der Waals surface area contributed by atoms with Gasteiger partial charge in [-0.2, -0.15) is 0 Å². The molecule has 0 bridgehead atoms. The third-order valence-corrected chi connectivity index (χ3v) is 5.93. The van der Waals surface area contributed by atoms with Crippen molar-refractivity contribution in [1.82, 2.24) is 15.5 Å². The maximum absolute atomic E-state index is 12.1. The predicted octanol–water partition coefficient (Wildman–Crippen LogP) is 2.90. The number of hydrogen-bond donors (Lipinski definition) is 2. The van der Waals surface area contributed by atoms with Crippen LogP contribution in [0.2, 0.25) is 0 Å². The third-order valence-electron chi connectivity index (χ3n) is 5.40. The smallest absolute Gasteiger partial charge is 0.251 e. The second-order valence-corrected chi connectivity index (χ2v) is 8.44. The van der Waals surface area contributed by atoms with Crippen molar-refractivity contribution in [3.8, 4) is 0 Å². The second-order valence-electron chi connectivity index (χ2n) is 7.52. The first-order valence-corrected chi connectivity index (χ1v) is 11.2. The zero-order valence-corrected chi connectivity index (χ0v) is 18.9. The van der Waals surface area contributed by atoms with Crippen molar-refractivity contribution < 1.29 is 9.59 Å². The van der Waals surface area contributed by atoms with Crippen LogP contribution in [0.25, 0.3) is 0 Å². The normalized spacial score (nSPS) is 15.5. The van der Waals surface area contributed by atoms with E-state index in [1.807, 2.05) is 18.2 Å². The minimum atomic E-state index is -0.167. The highest BCUT2D eigenvalue weighted by Crippen LogP contribution is 2.16. The molecule has 1 aliphatic heterocycles. The van der Waals surface area contributed by atoms with Crippen LogP contribution in [0.4, 0.5) is 5.69 Å². The summed E-state index contributed by atoms with van der Waals surface area (Å²) in [4.78, 5) is 29.0. The number of nitrogens with zero attached hydrogens (tertiary/aromatic N) is 2. The molecule has 0 spiro atoms. The second kappa shape index (κ2) is 11.1. The molecule has 6 nitrogen and oxygen atoms in total. The van der Waals surface area contributed by atoms with E-state index in [4.69, 9.17) is 0 Å². The Kier molecular flexibility index (Phi) is 8.28. The SMILES string of the molecule is CC(CNC(=O)CCNC(=O)c1ccc(Br)cc1)N1CCN(c2ccccc2)CC1. The summed E-state index contributed by atoms with van der Waals surface area (Å²) in [5.74, 6) is -0.208. The number of carbonyl (C=O) groups is 2. The predicted molar refractivity (Wildman–Crippen MR) is 124 cm³/mol. The number of halogens is 1. The summed E-state index contributed by atoms with van der Waals surface area (Å²) in [5.41, 5.74) is 1.85. The molecule has 0 aromatic heterocycles. The van der Waals surface area contributed by atoms with E-state index in [9.17, 15) is 9.59 Å². The van der Waals surface area contributed by atoms with Gasteiger partial charge in [-0.1, -0.05) is 34.1 Å². The molecule has 1 aliphatic rings. The Morgan fingerprint density at radius 2 is 1.63 bits per heavy atom. The van der Waals surface area contributed by atoms with Crippen LogP contribution < -0.4 is 15.5 Å². The number of anilines is 1. The van der Waals surface area contributed by atoms with E-state index in [-0.39, 0.29) is 24.3 Å². The van der Waals surface area contributed by atoms with Gasteiger partial charge in [0.25, 0.3) is 5.91 Å². The lowest BCUT2D eigenvalue weighted by Gasteiger charge is -2.39. The molecule has 1 unspecified atom stereocenters. The van der Waals surface area contributed by atoms with E-state index in [2.05, 4.69) is 67.6 Å². The van der Waals surface area contributed by atoms with Crippen molar-refractivity contribution >= 4 is 33.4 Å². The first-order chi connectivity index (χ1) is 14.5. The first-order valence-electron chi connectivity index (χ1n) is 10.4. The minimum Gasteiger partial charge on any atom is -0.369 e. The van der Waals surface area contributed by atoms with Gasteiger partial charge in [0.2, 0.25) is 5.91 Å². The molecule has 1 saturated heterocycles. The minimum absolute atomic E-state index is 0.0409. The molecule has 0 aliphatic carbocycles. The molecule has 2 N–H and O–H groups in total. The van der Waals surface area contributed by atoms with Crippen LogP contribution >= 0.6 is 15.9 Å². The van der Waals surface area contributed by atoms with Gasteiger partial charge in [-0.05, 0) is 43.3 Å². The zero-order chi connectivity index (χ0) is 21.3. The summed E-state index contributed by atoms with van der Waals surface area (Å²) in [7, 11) is 0. The molecule has 7 heteroatoms. The van der Waals surface area contributed by atoms with Gasteiger partial charge in [0.1, 0.15) is 0 Å². The fourth-order valence-corrected chi connectivity index (χ4v) is 3.80. The number of benzene rings is 2. The molecule has 30 heavy (non-hydrogen) atoms. The molecule has 1 atom stereocenters. The van der Waals surface area contributed by atoms with E-state index in [1.165, 1.54) is 5.69 Å². The van der Waals surface area contributed by atoms with Crippen molar-refractivity contribution in [2.24, 2.45) is 0 Å². The number of hydrogen-bond acceptors (Lipinski definition) is 4. The molecule has 1 fully saturated rings. The van der Waals surface area contributed by atoms with Crippen LogP contribution in [0.1, 0.15) is 23.7 Å². The van der Waals surface area contributed by atoms with Crippen LogP contribution in [0.15, 0.2) is 59.1 Å². The van der Waals surface area contributed by atoms with Gasteiger partial charge in [-0.25, -0.2) is 0 Å². The number of rotatable bonds is 8. The molecular weight excluding hydrogens is 444 g/mol. The third kappa shape index (κ3) is 6.57. The number of amides is 2. The Labute approximate surface area is 186 Å². The van der Waals surface area contributed by atoms with Crippen LogP contribution in [-0.4, -0.2) is 62.0 Å². The Balaban J connectivity index is 1.32. The molecule has 0 radical (unpaired) electrons. The summed E-state index contributed by atoms with van der Waals surface area (Å²) < 4.78 is 0.925. The Hall–Kier alpha value is -2.38. The lowest BCUT2D eigenvalue weighted by Crippen LogP contribution is -2.52. The fraction of sp³-hybridized carbons (Fsp3) is 0.391.